The summed E-state index contributed by atoms with van der Waals surface area (Å²) in [6.45, 7) is 4.26. The lowest BCUT2D eigenvalue weighted by Crippen LogP contribution is -2.35. The molecule has 1 saturated heterocycles. The van der Waals surface area contributed by atoms with Crippen LogP contribution in [-0.4, -0.2) is 13.1 Å². The Morgan fingerprint density at radius 3 is 2.65 bits per heavy atom. The molecule has 1 aliphatic rings. The van der Waals surface area contributed by atoms with Gasteiger partial charge in [0.25, 0.3) is 0 Å². The number of piperidine rings is 1. The molecule has 0 spiro atoms. The van der Waals surface area contributed by atoms with Crippen molar-refractivity contribution in [1.82, 2.24) is 5.32 Å². The average molecular weight is 239 g/mol. The third-order valence-electron chi connectivity index (χ3n) is 3.81. The minimum Gasteiger partial charge on any atom is -0.316 e. The fourth-order valence-corrected chi connectivity index (χ4v) is 2.54. The van der Waals surface area contributed by atoms with Crippen LogP contribution in [0.15, 0.2) is 18.2 Å². The molecule has 1 N–H and O–H groups in total. The molecule has 0 bridgehead atoms. The summed E-state index contributed by atoms with van der Waals surface area (Å²) < 4.78 is 26.9. The molecule has 2 rings (SSSR count). The van der Waals surface area contributed by atoms with Crippen LogP contribution in [0, 0.1) is 23.5 Å². The molecule has 1 fully saturated rings. The first kappa shape index (κ1) is 12.5. The largest absolute Gasteiger partial charge is 0.316 e. The van der Waals surface area contributed by atoms with Crippen molar-refractivity contribution < 1.29 is 8.78 Å². The molecule has 1 aliphatic heterocycles. The van der Waals surface area contributed by atoms with E-state index >= 15 is 0 Å². The van der Waals surface area contributed by atoms with Crippen LogP contribution in [0.1, 0.15) is 25.3 Å². The van der Waals surface area contributed by atoms with Gasteiger partial charge in [0, 0.05) is 5.56 Å². The van der Waals surface area contributed by atoms with Gasteiger partial charge in [-0.05, 0) is 56.3 Å². The van der Waals surface area contributed by atoms with Crippen LogP contribution in [0.4, 0.5) is 8.78 Å². The van der Waals surface area contributed by atoms with Gasteiger partial charge in [-0.3, -0.25) is 0 Å². The third-order valence-corrected chi connectivity index (χ3v) is 3.81. The second-order valence-electron chi connectivity index (χ2n) is 4.97. The van der Waals surface area contributed by atoms with Gasteiger partial charge in [0.1, 0.15) is 11.6 Å². The van der Waals surface area contributed by atoms with Crippen molar-refractivity contribution in [2.45, 2.75) is 26.2 Å². The SMILES string of the molecule is CC1CCNCC1CCc1c(F)cccc1F. The predicted molar refractivity (Wildman–Crippen MR) is 64.8 cm³/mol. The van der Waals surface area contributed by atoms with E-state index in [2.05, 4.69) is 12.2 Å². The zero-order chi connectivity index (χ0) is 12.3. The van der Waals surface area contributed by atoms with E-state index in [1.54, 1.807) is 0 Å². The smallest absolute Gasteiger partial charge is 0.129 e. The lowest BCUT2D eigenvalue weighted by atomic mass is 9.84. The van der Waals surface area contributed by atoms with Crippen molar-refractivity contribution in [2.24, 2.45) is 11.8 Å². The van der Waals surface area contributed by atoms with Crippen molar-refractivity contribution in [1.29, 1.82) is 0 Å². The molecule has 94 valence electrons. The van der Waals surface area contributed by atoms with Crippen LogP contribution in [0.3, 0.4) is 0 Å². The van der Waals surface area contributed by atoms with Gasteiger partial charge in [0.2, 0.25) is 0 Å². The first-order valence-corrected chi connectivity index (χ1v) is 6.32. The second-order valence-corrected chi connectivity index (χ2v) is 4.97. The minimum absolute atomic E-state index is 0.241. The molecule has 0 aromatic heterocycles. The first-order valence-electron chi connectivity index (χ1n) is 6.32. The van der Waals surface area contributed by atoms with E-state index in [9.17, 15) is 8.78 Å². The highest BCUT2D eigenvalue weighted by Crippen LogP contribution is 2.24. The van der Waals surface area contributed by atoms with Crippen molar-refractivity contribution in [3.05, 3.63) is 35.4 Å². The van der Waals surface area contributed by atoms with Gasteiger partial charge < -0.3 is 5.32 Å². The number of benzene rings is 1. The van der Waals surface area contributed by atoms with Gasteiger partial charge >= 0.3 is 0 Å². The molecule has 0 amide bonds. The molecule has 3 heteroatoms. The van der Waals surface area contributed by atoms with Gasteiger partial charge in [-0.25, -0.2) is 8.78 Å². The lowest BCUT2D eigenvalue weighted by molar-refractivity contribution is 0.258. The summed E-state index contributed by atoms with van der Waals surface area (Å²) in [7, 11) is 0. The van der Waals surface area contributed by atoms with E-state index in [0.29, 0.717) is 18.3 Å². The Balaban J connectivity index is 1.97. The molecule has 0 aliphatic carbocycles. The van der Waals surface area contributed by atoms with Crippen LogP contribution in [-0.2, 0) is 6.42 Å². The Morgan fingerprint density at radius 1 is 1.29 bits per heavy atom. The van der Waals surface area contributed by atoms with E-state index in [1.807, 2.05) is 0 Å². The number of nitrogens with one attached hydrogen (secondary N) is 1. The second kappa shape index (κ2) is 5.58. The highest BCUT2D eigenvalue weighted by Gasteiger charge is 2.21. The standard InChI is InChI=1S/C14H19F2N/c1-10-7-8-17-9-11(10)5-6-12-13(15)3-2-4-14(12)16/h2-4,10-11,17H,5-9H2,1H3. The van der Waals surface area contributed by atoms with Gasteiger partial charge in [-0.1, -0.05) is 13.0 Å². The van der Waals surface area contributed by atoms with Gasteiger partial charge in [0.15, 0.2) is 0 Å². The van der Waals surface area contributed by atoms with E-state index in [-0.39, 0.29) is 5.56 Å². The molecule has 0 radical (unpaired) electrons. The molecule has 2 unspecified atom stereocenters. The van der Waals surface area contributed by atoms with Crippen LogP contribution in [0.5, 0.6) is 0 Å². The van der Waals surface area contributed by atoms with E-state index in [4.69, 9.17) is 0 Å². The van der Waals surface area contributed by atoms with E-state index < -0.39 is 11.6 Å². The van der Waals surface area contributed by atoms with Crippen molar-refractivity contribution in [2.75, 3.05) is 13.1 Å². The highest BCUT2D eigenvalue weighted by atomic mass is 19.1. The summed E-state index contributed by atoms with van der Waals surface area (Å²) in [4.78, 5) is 0. The Kier molecular flexibility index (Phi) is 4.11. The van der Waals surface area contributed by atoms with Crippen LogP contribution < -0.4 is 5.32 Å². The molecular formula is C14H19F2N. The van der Waals surface area contributed by atoms with Gasteiger partial charge in [-0.2, -0.15) is 0 Å². The minimum atomic E-state index is -0.415. The summed E-state index contributed by atoms with van der Waals surface area (Å²) in [6, 6.07) is 4.08. The maximum absolute atomic E-state index is 13.4. The van der Waals surface area contributed by atoms with E-state index in [0.717, 1.165) is 25.9 Å². The summed E-state index contributed by atoms with van der Waals surface area (Å²) in [5.41, 5.74) is 0.241. The Bertz CT molecular complexity index is 358. The monoisotopic (exact) mass is 239 g/mol. The maximum Gasteiger partial charge on any atom is 0.129 e. The molecule has 1 heterocycles. The molecule has 1 nitrogen and oxygen atoms in total. The van der Waals surface area contributed by atoms with Crippen LogP contribution in [0.25, 0.3) is 0 Å². The summed E-state index contributed by atoms with van der Waals surface area (Å²) in [5, 5.41) is 3.34. The molecule has 1 aromatic rings. The quantitative estimate of drug-likeness (QED) is 0.854. The first-order chi connectivity index (χ1) is 8.18. The molecular weight excluding hydrogens is 220 g/mol. The summed E-state index contributed by atoms with van der Waals surface area (Å²) >= 11 is 0. The maximum atomic E-state index is 13.4. The number of hydrogen-bond acceptors (Lipinski definition) is 1. The average Bonchev–Trinajstić information content (AvgIpc) is 2.30. The van der Waals surface area contributed by atoms with Crippen molar-refractivity contribution in [3.63, 3.8) is 0 Å². The summed E-state index contributed by atoms with van der Waals surface area (Å²) in [5.74, 6) is 0.344. The lowest BCUT2D eigenvalue weighted by Gasteiger charge is -2.29. The molecule has 1 aromatic carbocycles. The Morgan fingerprint density at radius 2 is 2.00 bits per heavy atom. The fraction of sp³-hybridized carbons (Fsp3) is 0.571. The third kappa shape index (κ3) is 3.03. The zero-order valence-corrected chi connectivity index (χ0v) is 10.2. The molecule has 17 heavy (non-hydrogen) atoms. The Labute approximate surface area is 101 Å². The van der Waals surface area contributed by atoms with Crippen molar-refractivity contribution in [3.8, 4) is 0 Å². The van der Waals surface area contributed by atoms with Crippen LogP contribution >= 0.6 is 0 Å². The zero-order valence-electron chi connectivity index (χ0n) is 10.2. The normalized spacial score (nSPS) is 24.9. The molecule has 0 saturated carbocycles. The molecule has 2 atom stereocenters. The fourth-order valence-electron chi connectivity index (χ4n) is 2.54. The Hall–Kier alpha value is -0.960. The van der Waals surface area contributed by atoms with Crippen molar-refractivity contribution >= 4 is 0 Å². The predicted octanol–water partition coefficient (Wildman–Crippen LogP) is 3.14. The number of rotatable bonds is 3. The van der Waals surface area contributed by atoms with Crippen LogP contribution in [0.2, 0.25) is 0 Å². The van der Waals surface area contributed by atoms with Gasteiger partial charge in [0.05, 0.1) is 0 Å². The summed E-state index contributed by atoms with van der Waals surface area (Å²) in [6.07, 6.45) is 2.51. The highest BCUT2D eigenvalue weighted by molar-refractivity contribution is 5.19. The van der Waals surface area contributed by atoms with Gasteiger partial charge in [-0.15, -0.1) is 0 Å². The number of hydrogen-bond donors (Lipinski definition) is 1. The topological polar surface area (TPSA) is 12.0 Å². The number of halogens is 2. The van der Waals surface area contributed by atoms with E-state index in [1.165, 1.54) is 18.2 Å².